The van der Waals surface area contributed by atoms with Crippen molar-refractivity contribution in [3.63, 3.8) is 0 Å². The van der Waals surface area contributed by atoms with Crippen LogP contribution in [0.4, 0.5) is 0 Å². The predicted molar refractivity (Wildman–Crippen MR) is 131 cm³/mol. The van der Waals surface area contributed by atoms with Crippen LogP contribution in [0.1, 0.15) is 31.4 Å². The van der Waals surface area contributed by atoms with E-state index < -0.39 is 35.9 Å². The van der Waals surface area contributed by atoms with Gasteiger partial charge in [0.05, 0.1) is 6.04 Å². The first kappa shape index (κ1) is 25.0. The third kappa shape index (κ3) is 6.68. The molecular weight excluding hydrogens is 432 g/mol. The predicted octanol–water partition coefficient (Wildman–Crippen LogP) is 2.38. The average Bonchev–Trinajstić information content (AvgIpc) is 3.21. The average molecular weight is 465 g/mol. The zero-order valence-corrected chi connectivity index (χ0v) is 19.5. The van der Waals surface area contributed by atoms with Crippen LogP contribution in [0.25, 0.3) is 10.9 Å². The van der Waals surface area contributed by atoms with Crippen LogP contribution >= 0.6 is 0 Å². The molecule has 180 valence electrons. The molecule has 0 unspecified atom stereocenters. The number of para-hydroxylation sites is 1. The lowest BCUT2D eigenvalue weighted by Crippen LogP contribution is -2.55. The molecule has 8 nitrogen and oxygen atoms in total. The van der Waals surface area contributed by atoms with E-state index in [0.717, 1.165) is 22.0 Å². The smallest absolute Gasteiger partial charge is 0.326 e. The third-order valence-corrected chi connectivity index (χ3v) is 5.69. The van der Waals surface area contributed by atoms with Gasteiger partial charge in [-0.3, -0.25) is 9.59 Å². The van der Waals surface area contributed by atoms with E-state index in [2.05, 4.69) is 15.6 Å². The van der Waals surface area contributed by atoms with Crippen LogP contribution in [0.2, 0.25) is 0 Å². The summed E-state index contributed by atoms with van der Waals surface area (Å²) in [6, 6.07) is 13.9. The Labute approximate surface area is 198 Å². The van der Waals surface area contributed by atoms with Crippen molar-refractivity contribution in [1.29, 1.82) is 0 Å². The molecule has 0 saturated heterocycles. The number of aromatic amines is 1. The summed E-state index contributed by atoms with van der Waals surface area (Å²) in [7, 11) is 0. The molecule has 0 aliphatic carbocycles. The van der Waals surface area contributed by atoms with Crippen LogP contribution in [0.3, 0.4) is 0 Å². The summed E-state index contributed by atoms with van der Waals surface area (Å²) < 4.78 is 0. The highest BCUT2D eigenvalue weighted by molar-refractivity contribution is 5.92. The van der Waals surface area contributed by atoms with Crippen molar-refractivity contribution in [1.82, 2.24) is 15.6 Å². The number of carbonyl (C=O) groups is 3. The van der Waals surface area contributed by atoms with Crippen molar-refractivity contribution in [2.45, 2.75) is 51.2 Å². The van der Waals surface area contributed by atoms with E-state index in [9.17, 15) is 19.5 Å². The molecule has 3 rings (SSSR count). The van der Waals surface area contributed by atoms with Gasteiger partial charge in [0.1, 0.15) is 12.1 Å². The number of aromatic nitrogens is 1. The van der Waals surface area contributed by atoms with Gasteiger partial charge in [0.25, 0.3) is 0 Å². The number of amides is 2. The fourth-order valence-electron chi connectivity index (χ4n) is 3.95. The molecule has 34 heavy (non-hydrogen) atoms. The highest BCUT2D eigenvalue weighted by atomic mass is 16.4. The standard InChI is InChI=1S/C26H32N4O4/c1-16(2)12-20(27)24(31)29-22(13-17-8-4-3-5-9-17)25(32)30-23(26(33)34)14-18-15-28-21-11-7-6-10-19(18)21/h3-11,15-16,20,22-23,28H,12-14,27H2,1-2H3,(H,29,31)(H,30,32)(H,33,34)/t20-,22-,23-/m0/s1. The maximum Gasteiger partial charge on any atom is 0.326 e. The zero-order chi connectivity index (χ0) is 24.7. The minimum atomic E-state index is -1.16. The normalized spacial score (nSPS) is 13.9. The summed E-state index contributed by atoms with van der Waals surface area (Å²) in [5.41, 5.74) is 8.52. The second-order valence-electron chi connectivity index (χ2n) is 8.95. The molecule has 0 aliphatic heterocycles. The molecule has 8 heteroatoms. The van der Waals surface area contributed by atoms with Gasteiger partial charge in [0.2, 0.25) is 11.8 Å². The molecule has 0 saturated carbocycles. The minimum Gasteiger partial charge on any atom is -0.480 e. The number of fused-ring (bicyclic) bond motifs is 1. The molecule has 0 spiro atoms. The van der Waals surface area contributed by atoms with Gasteiger partial charge in [-0.25, -0.2) is 4.79 Å². The Morgan fingerprint density at radius 2 is 1.56 bits per heavy atom. The SMILES string of the molecule is CC(C)C[C@H](N)C(=O)N[C@@H](Cc1ccccc1)C(=O)N[C@@H](Cc1c[nH]c2ccccc12)C(=O)O. The van der Waals surface area contributed by atoms with E-state index in [1.807, 2.05) is 68.4 Å². The Bertz CT molecular complexity index is 1130. The van der Waals surface area contributed by atoms with Gasteiger partial charge in [0.15, 0.2) is 0 Å². The molecule has 3 atom stereocenters. The number of nitrogens with two attached hydrogens (primary N) is 1. The molecule has 2 amide bonds. The van der Waals surface area contributed by atoms with Gasteiger partial charge in [-0.05, 0) is 29.5 Å². The molecule has 2 aromatic carbocycles. The number of nitrogens with one attached hydrogen (secondary N) is 3. The van der Waals surface area contributed by atoms with Gasteiger partial charge in [-0.1, -0.05) is 62.4 Å². The number of hydrogen-bond donors (Lipinski definition) is 5. The number of carboxylic acid groups (broad SMARTS) is 1. The molecule has 0 fully saturated rings. The van der Waals surface area contributed by atoms with Crippen molar-refractivity contribution in [2.24, 2.45) is 11.7 Å². The summed E-state index contributed by atoms with van der Waals surface area (Å²) in [6.45, 7) is 3.92. The summed E-state index contributed by atoms with van der Waals surface area (Å²) in [5.74, 6) is -1.94. The number of H-pyrrole nitrogens is 1. The van der Waals surface area contributed by atoms with Crippen molar-refractivity contribution in [3.05, 3.63) is 71.9 Å². The minimum absolute atomic E-state index is 0.101. The van der Waals surface area contributed by atoms with Crippen LogP contribution < -0.4 is 16.4 Å². The molecule has 0 aliphatic rings. The van der Waals surface area contributed by atoms with E-state index in [1.165, 1.54) is 0 Å². The largest absolute Gasteiger partial charge is 0.480 e. The van der Waals surface area contributed by atoms with E-state index in [4.69, 9.17) is 5.73 Å². The van der Waals surface area contributed by atoms with Crippen molar-refractivity contribution >= 4 is 28.7 Å². The van der Waals surface area contributed by atoms with E-state index in [0.29, 0.717) is 6.42 Å². The van der Waals surface area contributed by atoms with Crippen molar-refractivity contribution in [3.8, 4) is 0 Å². The Balaban J connectivity index is 1.77. The molecule has 0 radical (unpaired) electrons. The number of hydrogen-bond acceptors (Lipinski definition) is 4. The third-order valence-electron chi connectivity index (χ3n) is 5.69. The zero-order valence-electron chi connectivity index (χ0n) is 19.5. The van der Waals surface area contributed by atoms with Crippen LogP contribution in [0.5, 0.6) is 0 Å². The van der Waals surface area contributed by atoms with Crippen LogP contribution in [-0.4, -0.2) is 46.0 Å². The second-order valence-corrected chi connectivity index (χ2v) is 8.95. The maximum atomic E-state index is 13.2. The number of benzene rings is 2. The van der Waals surface area contributed by atoms with Crippen molar-refractivity contribution in [2.75, 3.05) is 0 Å². The summed E-state index contributed by atoms with van der Waals surface area (Å²) >= 11 is 0. The van der Waals surface area contributed by atoms with Crippen molar-refractivity contribution < 1.29 is 19.5 Å². The second kappa shape index (κ2) is 11.5. The molecular formula is C26H32N4O4. The summed E-state index contributed by atoms with van der Waals surface area (Å²) in [6.07, 6.45) is 2.54. The molecule has 3 aromatic rings. The summed E-state index contributed by atoms with van der Waals surface area (Å²) in [4.78, 5) is 41.0. The highest BCUT2D eigenvalue weighted by Gasteiger charge is 2.29. The Kier molecular flexibility index (Phi) is 8.43. The topological polar surface area (TPSA) is 137 Å². The summed E-state index contributed by atoms with van der Waals surface area (Å²) in [5, 5.41) is 16.0. The first-order valence-electron chi connectivity index (χ1n) is 11.4. The van der Waals surface area contributed by atoms with E-state index >= 15 is 0 Å². The number of carboxylic acids is 1. The van der Waals surface area contributed by atoms with E-state index in [-0.39, 0.29) is 18.8 Å². The lowest BCUT2D eigenvalue weighted by atomic mass is 10.0. The Hall–Kier alpha value is -3.65. The molecule has 0 bridgehead atoms. The van der Waals surface area contributed by atoms with Gasteiger partial charge < -0.3 is 26.5 Å². The Morgan fingerprint density at radius 3 is 2.24 bits per heavy atom. The van der Waals surface area contributed by atoms with Gasteiger partial charge >= 0.3 is 5.97 Å². The first-order valence-corrected chi connectivity index (χ1v) is 11.4. The fraction of sp³-hybridized carbons (Fsp3) is 0.346. The molecule has 1 aromatic heterocycles. The van der Waals surface area contributed by atoms with Gasteiger partial charge in [-0.2, -0.15) is 0 Å². The molecule has 6 N–H and O–H groups in total. The number of aliphatic carboxylic acids is 1. The molecule has 1 heterocycles. The fourth-order valence-corrected chi connectivity index (χ4v) is 3.95. The monoisotopic (exact) mass is 464 g/mol. The Morgan fingerprint density at radius 1 is 0.912 bits per heavy atom. The lowest BCUT2D eigenvalue weighted by Gasteiger charge is -2.23. The van der Waals surface area contributed by atoms with Crippen LogP contribution in [0, 0.1) is 5.92 Å². The quantitative estimate of drug-likeness (QED) is 0.297. The highest BCUT2D eigenvalue weighted by Crippen LogP contribution is 2.19. The number of rotatable bonds is 11. The number of carbonyl (C=O) groups excluding carboxylic acids is 2. The van der Waals surface area contributed by atoms with Crippen LogP contribution in [0.15, 0.2) is 60.8 Å². The van der Waals surface area contributed by atoms with Gasteiger partial charge in [0, 0.05) is 29.9 Å². The lowest BCUT2D eigenvalue weighted by molar-refractivity contribution is -0.142. The van der Waals surface area contributed by atoms with Gasteiger partial charge in [-0.15, -0.1) is 0 Å². The maximum absolute atomic E-state index is 13.2. The first-order chi connectivity index (χ1) is 16.2. The van der Waals surface area contributed by atoms with Crippen LogP contribution in [-0.2, 0) is 27.2 Å². The van der Waals surface area contributed by atoms with E-state index in [1.54, 1.807) is 6.20 Å².